The Morgan fingerprint density at radius 1 is 1.38 bits per heavy atom. The minimum absolute atomic E-state index is 0.633. The van der Waals surface area contributed by atoms with Gasteiger partial charge in [-0.15, -0.1) is 11.6 Å². The highest BCUT2D eigenvalue weighted by Gasteiger charge is 2.16. The lowest BCUT2D eigenvalue weighted by molar-refractivity contribution is -0.180. The van der Waals surface area contributed by atoms with Crippen molar-refractivity contribution in [3.05, 3.63) is 12.7 Å². The highest BCUT2D eigenvalue weighted by atomic mass is 35.5. The molecule has 0 amide bonds. The normalized spacial score (nSPS) is 14.1. The van der Waals surface area contributed by atoms with E-state index in [0.29, 0.717) is 0 Å². The summed E-state index contributed by atoms with van der Waals surface area (Å²) < 4.78 is 9.18. The molecule has 0 spiro atoms. The van der Waals surface area contributed by atoms with Crippen LogP contribution >= 0.6 is 11.6 Å². The first kappa shape index (κ1) is 12.0. The lowest BCUT2D eigenvalue weighted by Gasteiger charge is -2.13. The van der Waals surface area contributed by atoms with Gasteiger partial charge in [-0.3, -0.25) is 4.79 Å². The second-order valence-corrected chi connectivity index (χ2v) is 2.92. The first-order chi connectivity index (χ1) is 5.97. The Labute approximate surface area is 81.5 Å². The molecule has 0 saturated heterocycles. The van der Waals surface area contributed by atoms with Gasteiger partial charge in [-0.2, -0.15) is 0 Å². The van der Waals surface area contributed by atoms with Crippen LogP contribution < -0.4 is 0 Å². The van der Waals surface area contributed by atoms with Gasteiger partial charge in [-0.1, -0.05) is 6.58 Å². The molecule has 0 aromatic rings. The molecule has 0 radical (unpaired) electrons. The van der Waals surface area contributed by atoms with Crippen LogP contribution in [0, 0.1) is 0 Å². The molecule has 13 heavy (non-hydrogen) atoms. The Morgan fingerprint density at radius 3 is 2.31 bits per heavy atom. The number of halogens is 1. The summed E-state index contributed by atoms with van der Waals surface area (Å²) in [5, 5.41) is -0.759. The van der Waals surface area contributed by atoms with Gasteiger partial charge in [0.2, 0.25) is 6.29 Å². The molecule has 74 valence electrons. The molecule has 0 aliphatic rings. The Morgan fingerprint density at radius 2 is 1.92 bits per heavy atom. The first-order valence-electron chi connectivity index (χ1n) is 3.65. The SMILES string of the molecule is C=CC(=O)OC(C)OC(=O)C(C)Cl. The Balaban J connectivity index is 3.87. The van der Waals surface area contributed by atoms with E-state index in [2.05, 4.69) is 16.1 Å². The lowest BCUT2D eigenvalue weighted by Crippen LogP contribution is -2.24. The van der Waals surface area contributed by atoms with Gasteiger partial charge in [0.25, 0.3) is 0 Å². The second-order valence-electron chi connectivity index (χ2n) is 2.26. The third-order valence-electron chi connectivity index (χ3n) is 1.06. The van der Waals surface area contributed by atoms with Crippen molar-refractivity contribution in [3.8, 4) is 0 Å². The zero-order chi connectivity index (χ0) is 10.4. The molecule has 2 unspecified atom stereocenters. The summed E-state index contributed by atoms with van der Waals surface area (Å²) in [6, 6.07) is 0. The molecule has 0 rings (SSSR count). The summed E-state index contributed by atoms with van der Waals surface area (Å²) in [5.41, 5.74) is 0. The Bertz CT molecular complexity index is 212. The van der Waals surface area contributed by atoms with E-state index in [1.165, 1.54) is 13.8 Å². The Hall–Kier alpha value is -1.03. The van der Waals surface area contributed by atoms with Crippen molar-refractivity contribution in [2.45, 2.75) is 25.5 Å². The van der Waals surface area contributed by atoms with Gasteiger partial charge in [-0.05, 0) is 6.92 Å². The number of hydrogen-bond donors (Lipinski definition) is 0. The summed E-state index contributed by atoms with van der Waals surface area (Å²) >= 11 is 5.41. The van der Waals surface area contributed by atoms with E-state index in [1.807, 2.05) is 0 Å². The highest BCUT2D eigenvalue weighted by Crippen LogP contribution is 2.02. The number of hydrogen-bond acceptors (Lipinski definition) is 4. The van der Waals surface area contributed by atoms with Gasteiger partial charge < -0.3 is 9.47 Å². The average Bonchev–Trinajstić information content (AvgIpc) is 2.03. The zero-order valence-corrected chi connectivity index (χ0v) is 8.21. The highest BCUT2D eigenvalue weighted by molar-refractivity contribution is 6.29. The predicted octanol–water partition coefficient (Wildman–Crippen LogP) is 1.23. The zero-order valence-electron chi connectivity index (χ0n) is 7.45. The summed E-state index contributed by atoms with van der Waals surface area (Å²) in [6.45, 7) is 6.07. The molecule has 0 N–H and O–H groups in total. The van der Waals surface area contributed by atoms with Crippen molar-refractivity contribution >= 4 is 23.5 Å². The van der Waals surface area contributed by atoms with Crippen molar-refractivity contribution in [3.63, 3.8) is 0 Å². The summed E-state index contributed by atoms with van der Waals surface area (Å²) in [7, 11) is 0. The van der Waals surface area contributed by atoms with Gasteiger partial charge in [0, 0.05) is 13.0 Å². The largest absolute Gasteiger partial charge is 0.424 e. The maximum Gasteiger partial charge on any atom is 0.333 e. The lowest BCUT2D eigenvalue weighted by atomic mass is 10.5. The number of carbonyl (C=O) groups is 2. The smallest absolute Gasteiger partial charge is 0.333 e. The van der Waals surface area contributed by atoms with Crippen molar-refractivity contribution in [1.29, 1.82) is 0 Å². The van der Waals surface area contributed by atoms with Crippen LogP contribution in [0.2, 0.25) is 0 Å². The van der Waals surface area contributed by atoms with Crippen LogP contribution in [0.3, 0.4) is 0 Å². The van der Waals surface area contributed by atoms with Crippen LogP contribution in [-0.2, 0) is 19.1 Å². The summed E-state index contributed by atoms with van der Waals surface area (Å²) in [6.07, 6.45) is 0.0354. The summed E-state index contributed by atoms with van der Waals surface area (Å²) in [4.78, 5) is 21.5. The van der Waals surface area contributed by atoms with Crippen molar-refractivity contribution < 1.29 is 19.1 Å². The standard InChI is InChI=1S/C8H11ClO4/c1-4-7(10)12-6(3)13-8(11)5(2)9/h4-6H,1H2,2-3H3. The van der Waals surface area contributed by atoms with Crippen molar-refractivity contribution in [1.82, 2.24) is 0 Å². The quantitative estimate of drug-likeness (QED) is 0.301. The van der Waals surface area contributed by atoms with E-state index in [0.717, 1.165) is 6.08 Å². The molecule has 5 heteroatoms. The van der Waals surface area contributed by atoms with E-state index in [1.54, 1.807) is 0 Å². The fraction of sp³-hybridized carbons (Fsp3) is 0.500. The number of esters is 2. The van der Waals surface area contributed by atoms with E-state index >= 15 is 0 Å². The molecule has 0 aromatic carbocycles. The van der Waals surface area contributed by atoms with Crippen LogP contribution in [0.5, 0.6) is 0 Å². The second kappa shape index (κ2) is 5.59. The molecule has 2 atom stereocenters. The Kier molecular flexibility index (Phi) is 5.14. The molecule has 0 aliphatic carbocycles. The number of rotatable bonds is 4. The predicted molar refractivity (Wildman–Crippen MR) is 47.2 cm³/mol. The van der Waals surface area contributed by atoms with Crippen LogP contribution in [-0.4, -0.2) is 23.6 Å². The third kappa shape index (κ3) is 5.25. The van der Waals surface area contributed by atoms with Crippen LogP contribution in [0.15, 0.2) is 12.7 Å². The molecular formula is C8H11ClO4. The van der Waals surface area contributed by atoms with E-state index in [9.17, 15) is 9.59 Å². The van der Waals surface area contributed by atoms with E-state index in [-0.39, 0.29) is 0 Å². The number of carbonyl (C=O) groups excluding carboxylic acids is 2. The number of alkyl halides is 1. The molecule has 0 heterocycles. The molecular weight excluding hydrogens is 196 g/mol. The molecule has 0 aliphatic heterocycles. The fourth-order valence-corrected chi connectivity index (χ4v) is 0.545. The maximum atomic E-state index is 10.9. The van der Waals surface area contributed by atoms with E-state index in [4.69, 9.17) is 11.6 Å². The van der Waals surface area contributed by atoms with Gasteiger partial charge in [-0.25, -0.2) is 4.79 Å². The average molecular weight is 207 g/mol. The third-order valence-corrected chi connectivity index (χ3v) is 1.23. The molecule has 0 fully saturated rings. The molecule has 0 bridgehead atoms. The van der Waals surface area contributed by atoms with Crippen molar-refractivity contribution in [2.75, 3.05) is 0 Å². The van der Waals surface area contributed by atoms with Crippen LogP contribution in [0.1, 0.15) is 13.8 Å². The summed E-state index contributed by atoms with van der Waals surface area (Å²) in [5.74, 6) is -1.28. The minimum Gasteiger partial charge on any atom is -0.424 e. The topological polar surface area (TPSA) is 52.6 Å². The fourth-order valence-electron chi connectivity index (χ4n) is 0.493. The van der Waals surface area contributed by atoms with Gasteiger partial charge >= 0.3 is 11.9 Å². The van der Waals surface area contributed by atoms with Gasteiger partial charge in [0.15, 0.2) is 0 Å². The first-order valence-corrected chi connectivity index (χ1v) is 4.08. The van der Waals surface area contributed by atoms with Crippen LogP contribution in [0.4, 0.5) is 0 Å². The van der Waals surface area contributed by atoms with E-state index < -0.39 is 23.6 Å². The minimum atomic E-state index is -0.945. The monoisotopic (exact) mass is 206 g/mol. The molecule has 4 nitrogen and oxygen atoms in total. The van der Waals surface area contributed by atoms with Gasteiger partial charge in [0.05, 0.1) is 0 Å². The maximum absolute atomic E-state index is 10.9. The molecule has 0 saturated carbocycles. The molecule has 0 aromatic heterocycles. The van der Waals surface area contributed by atoms with Crippen LogP contribution in [0.25, 0.3) is 0 Å². The van der Waals surface area contributed by atoms with Gasteiger partial charge in [0.1, 0.15) is 5.38 Å². The van der Waals surface area contributed by atoms with Crippen molar-refractivity contribution in [2.24, 2.45) is 0 Å². The number of ether oxygens (including phenoxy) is 2.